The van der Waals surface area contributed by atoms with Crippen molar-refractivity contribution in [2.45, 2.75) is 168 Å². The Morgan fingerprint density at radius 3 is 1.44 bits per heavy atom. The number of carbonyl (C=O) groups is 6. The van der Waals surface area contributed by atoms with E-state index in [1.807, 2.05) is 45.0 Å². The number of aldehydes is 1. The monoisotopic (exact) mass is 1320 g/mol. The zero-order valence-electron chi connectivity index (χ0n) is 54.4. The number of allylic oxidation sites excluding steroid dienone is 2. The van der Waals surface area contributed by atoms with Crippen molar-refractivity contribution >= 4 is 102 Å². The Morgan fingerprint density at radius 2 is 1.02 bits per heavy atom. The first-order valence-electron chi connectivity index (χ1n) is 30.3. The van der Waals surface area contributed by atoms with Gasteiger partial charge in [-0.15, -0.1) is 0 Å². The minimum atomic E-state index is -0.639. The second-order valence-corrected chi connectivity index (χ2v) is 24.9. The molecule has 6 aromatic rings. The molecule has 2 aromatic heterocycles. The first-order valence-corrected chi connectivity index (χ1v) is 31.0. The standard InChI is InChI=1S/C31H36ClN5O2.C19H21ClN4.C12H15NO3.C4H6O4.C2H3BO2.Na/c1-31(2,3)39-30(38)36-22-14-11-20(12-15-22)18-33-23-8-6-9-24(17-23)35-29-34-19-27(32)28(37-29)26-16-13-21-7-4-5-10-25(21)26;20-17-11-22-19(23-14-6-3-5-13(21)10-14)24-18(17)16-9-8-12-4-1-2-7-15(12)16;1-12(2,3)16-11(15)13-10-6-4-9(8-14)5-7-10;1-3(5)7-8-4(2)6;1-2(4)5-3;/h4-5,7,10-12,14-16,19,23-24,33H,6,8-9,13,17-18H2,1-3H3,(H,36,38)(H,34,35,37);1-2,4,7,9,11,13-14H,3,5-6,8,10,21H2,(H,22,23,24);4-8H,1-3H3,(H,13,15);1-2H3;1H3;/q;;;;-1;+1/t23-,24+;13-,14+;;;;/m00..../s1. The van der Waals surface area contributed by atoms with Crippen molar-refractivity contribution in [2.24, 2.45) is 5.73 Å². The van der Waals surface area contributed by atoms with Gasteiger partial charge in [0.1, 0.15) is 17.5 Å². The summed E-state index contributed by atoms with van der Waals surface area (Å²) in [6.07, 6.45) is 18.1. The molecule has 2 heterocycles. The van der Waals surface area contributed by atoms with Crippen LogP contribution in [0.15, 0.2) is 122 Å². The fraction of sp³-hybridized carbons (Fsp3) is 0.382. The van der Waals surface area contributed by atoms with Crippen LogP contribution < -0.4 is 61.9 Å². The molecule has 25 heteroatoms. The number of ether oxygens (including phenoxy) is 2. The number of amides is 2. The third kappa shape index (κ3) is 26.7. The van der Waals surface area contributed by atoms with Crippen molar-refractivity contribution in [2.75, 3.05) is 21.3 Å². The van der Waals surface area contributed by atoms with Crippen LogP contribution in [0.25, 0.3) is 11.1 Å². The normalized spacial score (nSPS) is 16.6. The van der Waals surface area contributed by atoms with Gasteiger partial charge >= 0.3 is 53.7 Å². The smallest absolute Gasteiger partial charge is 0.793 e. The molecule has 93 heavy (non-hydrogen) atoms. The molecule has 0 saturated heterocycles. The molecule has 2 fully saturated rings. The molecule has 4 atom stereocenters. The van der Waals surface area contributed by atoms with Crippen molar-refractivity contribution < 1.29 is 82.2 Å². The van der Waals surface area contributed by atoms with E-state index < -0.39 is 41.3 Å². The van der Waals surface area contributed by atoms with Crippen LogP contribution in [-0.4, -0.2) is 99.7 Å². The second-order valence-electron chi connectivity index (χ2n) is 24.0. The number of halogens is 2. The first kappa shape index (κ1) is 76.0. The number of aromatic nitrogens is 4. The van der Waals surface area contributed by atoms with Gasteiger partial charge in [-0.05, 0) is 170 Å². The van der Waals surface area contributed by atoms with E-state index in [4.69, 9.17) is 48.4 Å². The molecule has 4 aliphatic rings. The third-order valence-corrected chi connectivity index (χ3v) is 14.6. The molecule has 2 saturated carbocycles. The van der Waals surface area contributed by atoms with E-state index in [9.17, 15) is 28.8 Å². The van der Waals surface area contributed by atoms with Crippen molar-refractivity contribution in [3.05, 3.63) is 176 Å². The van der Waals surface area contributed by atoms with Crippen molar-refractivity contribution in [3.8, 4) is 0 Å². The molecule has 4 aliphatic carbocycles. The maximum atomic E-state index is 12.0. The number of hydrogen-bond acceptors (Lipinski definition) is 19. The summed E-state index contributed by atoms with van der Waals surface area (Å²) < 4.78 is 14.0. The summed E-state index contributed by atoms with van der Waals surface area (Å²) in [5.74, 6) is -0.484. The average Bonchev–Trinajstić information content (AvgIpc) is 1.70. The molecule has 3 radical (unpaired) electrons. The van der Waals surface area contributed by atoms with Gasteiger partial charge < -0.3 is 43.9 Å². The molecule has 2 amide bonds. The summed E-state index contributed by atoms with van der Waals surface area (Å²) in [5, 5.41) is 17.2. The number of rotatable bonds is 12. The molecule has 10 rings (SSSR count). The van der Waals surface area contributed by atoms with E-state index in [0.29, 0.717) is 51.0 Å². The first-order chi connectivity index (χ1) is 43.7. The average molecular weight is 1320 g/mol. The summed E-state index contributed by atoms with van der Waals surface area (Å²) in [7, 11) is 4.32. The Balaban J connectivity index is 0.000000246. The van der Waals surface area contributed by atoms with Gasteiger partial charge in [0.2, 0.25) is 17.9 Å². The summed E-state index contributed by atoms with van der Waals surface area (Å²) >= 11 is 12.9. The van der Waals surface area contributed by atoms with Crippen LogP contribution in [0, 0.1) is 0 Å². The number of fused-ring (bicyclic) bond motifs is 2. The number of hydrogen-bond donors (Lipinski definition) is 6. The van der Waals surface area contributed by atoms with Crippen LogP contribution in [0.4, 0.5) is 32.9 Å². The summed E-state index contributed by atoms with van der Waals surface area (Å²) in [4.78, 5) is 89.0. The number of benzene rings is 4. The summed E-state index contributed by atoms with van der Waals surface area (Å²) in [6, 6.07) is 32.5. The number of nitrogens with zero attached hydrogens (tertiary/aromatic N) is 4. The van der Waals surface area contributed by atoms with E-state index >= 15 is 0 Å². The van der Waals surface area contributed by atoms with Gasteiger partial charge in [-0.3, -0.25) is 20.2 Å². The van der Waals surface area contributed by atoms with E-state index in [2.05, 4.69) is 120 Å². The Labute approximate surface area is 577 Å². The van der Waals surface area contributed by atoms with E-state index in [-0.39, 0.29) is 41.6 Å². The molecule has 21 nitrogen and oxygen atoms in total. The van der Waals surface area contributed by atoms with Gasteiger partial charge in [0.05, 0.1) is 33.8 Å². The number of nitrogens with two attached hydrogens (primary N) is 1. The van der Waals surface area contributed by atoms with Gasteiger partial charge in [0.25, 0.3) is 0 Å². The molecule has 0 aliphatic heterocycles. The quantitative estimate of drug-likeness (QED) is 0.0287. The van der Waals surface area contributed by atoms with Crippen LogP contribution >= 0.6 is 23.2 Å². The second kappa shape index (κ2) is 37.3. The predicted molar refractivity (Wildman–Crippen MR) is 358 cm³/mol. The third-order valence-electron chi connectivity index (χ3n) is 14.0. The minimum Gasteiger partial charge on any atom is -0.793 e. The van der Waals surface area contributed by atoms with Crippen molar-refractivity contribution in [3.63, 3.8) is 0 Å². The Hall–Kier alpha value is -7.70. The maximum absolute atomic E-state index is 12.0. The van der Waals surface area contributed by atoms with Crippen LogP contribution in [-0.2, 0) is 57.7 Å². The van der Waals surface area contributed by atoms with Crippen LogP contribution in [0.1, 0.15) is 163 Å². The molecule has 7 N–H and O–H groups in total. The summed E-state index contributed by atoms with van der Waals surface area (Å²) in [5.41, 5.74) is 16.9. The molecule has 0 spiro atoms. The molecular formula is C68H81BCl2N10NaO11. The number of nitrogens with one attached hydrogen (secondary N) is 5. The van der Waals surface area contributed by atoms with E-state index in [1.54, 1.807) is 57.4 Å². The topological polar surface area (TPSA) is 286 Å². The van der Waals surface area contributed by atoms with Gasteiger partial charge in [-0.1, -0.05) is 96.0 Å². The van der Waals surface area contributed by atoms with E-state index in [1.165, 1.54) is 29.2 Å². The Kier molecular flexibility index (Phi) is 30.5. The fourth-order valence-corrected chi connectivity index (χ4v) is 10.5. The molecule has 487 valence electrons. The minimum absolute atomic E-state index is 0. The molecule has 0 unspecified atom stereocenters. The summed E-state index contributed by atoms with van der Waals surface area (Å²) in [6.45, 7) is 15.2. The zero-order valence-corrected chi connectivity index (χ0v) is 57.9. The van der Waals surface area contributed by atoms with Crippen LogP contribution in [0.5, 0.6) is 0 Å². The number of carbonyl (C=O) groups excluding carboxylic acids is 6. The maximum Gasteiger partial charge on any atom is 1.00 e. The fourth-order valence-electron chi connectivity index (χ4n) is 10.1. The molecule has 4 aromatic carbocycles. The van der Waals surface area contributed by atoms with Gasteiger partial charge in [0.15, 0.2) is 0 Å². The molecular weight excluding hydrogens is 1240 g/mol. The van der Waals surface area contributed by atoms with E-state index in [0.717, 1.165) is 119 Å². The number of anilines is 4. The van der Waals surface area contributed by atoms with Crippen LogP contribution in [0.2, 0.25) is 10.0 Å². The Morgan fingerprint density at radius 1 is 0.602 bits per heavy atom. The largest absolute Gasteiger partial charge is 1.00 e. The van der Waals surface area contributed by atoms with Gasteiger partial charge in [0, 0.05) is 79.6 Å². The van der Waals surface area contributed by atoms with Gasteiger partial charge in [-0.2, -0.15) is 0 Å². The Bertz CT molecular complexity index is 3540. The van der Waals surface area contributed by atoms with Crippen molar-refractivity contribution in [1.82, 2.24) is 25.3 Å². The van der Waals surface area contributed by atoms with Crippen LogP contribution in [0.3, 0.4) is 0 Å². The zero-order chi connectivity index (χ0) is 67.0. The van der Waals surface area contributed by atoms with Gasteiger partial charge in [-0.25, -0.2) is 48.9 Å². The SMILES string of the molecule is CC(=O)OOC(C)=O.CC(C)(C)OC(=O)Nc1ccc(C=O)cc1.CC(C)(C)OC(=O)Nc1ccc(CN[C@H]2CCC[C@@H](Nc3ncc(Cl)c(C4=CCc5ccccc54)n3)C2)cc1.N[C@H]1CCC[C@@H](Nc2ncc(Cl)c(C3=CCc4ccccc43)n2)C1.[B-]OC(C)=O.[Na+]. The predicted octanol–water partition coefficient (Wildman–Crippen LogP) is 10.3. The van der Waals surface area contributed by atoms with Crippen molar-refractivity contribution in [1.29, 1.82) is 0 Å². The molecule has 0 bridgehead atoms.